The van der Waals surface area contributed by atoms with Crippen LogP contribution in [0.2, 0.25) is 0 Å². The Hall–Kier alpha value is -2.73. The highest BCUT2D eigenvalue weighted by Crippen LogP contribution is 2.11. The van der Waals surface area contributed by atoms with E-state index in [-0.39, 0.29) is 5.56 Å². The van der Waals surface area contributed by atoms with Gasteiger partial charge in [-0.1, -0.05) is 49.7 Å². The van der Waals surface area contributed by atoms with Crippen LogP contribution >= 0.6 is 12.2 Å². The first-order chi connectivity index (χ1) is 11.6. The number of hydrazone groups is 1. The van der Waals surface area contributed by atoms with Crippen LogP contribution in [-0.2, 0) is 0 Å². The van der Waals surface area contributed by atoms with Gasteiger partial charge in [0, 0.05) is 5.69 Å². The Kier molecular flexibility index (Phi) is 6.45. The summed E-state index contributed by atoms with van der Waals surface area (Å²) in [5.41, 5.74) is 5.58. The maximum absolute atomic E-state index is 11.0. The molecular formula is C18H19N3O2S. The lowest BCUT2D eigenvalue weighted by Gasteiger charge is -2.10. The van der Waals surface area contributed by atoms with Crippen molar-refractivity contribution in [2.45, 2.75) is 19.8 Å². The Morgan fingerprint density at radius 1 is 1.12 bits per heavy atom. The minimum absolute atomic E-state index is 0.197. The summed E-state index contributed by atoms with van der Waals surface area (Å²) >= 11 is 5.22. The number of thiocarbonyl (C=S) groups is 1. The number of nitrogens with zero attached hydrogens (tertiary/aromatic N) is 1. The van der Waals surface area contributed by atoms with E-state index in [9.17, 15) is 4.79 Å². The molecule has 24 heavy (non-hydrogen) atoms. The SMILES string of the molecule is CCCC(=NNC(=S)Nc1cccc(C(=O)O)c1)c1ccccc1. The minimum atomic E-state index is -0.982. The predicted octanol–water partition coefficient (Wildman–Crippen LogP) is 3.88. The third-order valence-corrected chi connectivity index (χ3v) is 3.45. The number of anilines is 1. The Morgan fingerprint density at radius 2 is 1.83 bits per heavy atom. The fraction of sp³-hybridized carbons (Fsp3) is 0.167. The van der Waals surface area contributed by atoms with Crippen LogP contribution in [0.15, 0.2) is 59.7 Å². The molecule has 124 valence electrons. The molecule has 5 nitrogen and oxygen atoms in total. The van der Waals surface area contributed by atoms with Crippen LogP contribution in [-0.4, -0.2) is 21.9 Å². The molecular weight excluding hydrogens is 322 g/mol. The zero-order valence-electron chi connectivity index (χ0n) is 13.3. The minimum Gasteiger partial charge on any atom is -0.478 e. The summed E-state index contributed by atoms with van der Waals surface area (Å²) in [5.74, 6) is -0.982. The van der Waals surface area contributed by atoms with Crippen molar-refractivity contribution in [1.29, 1.82) is 0 Å². The van der Waals surface area contributed by atoms with Gasteiger partial charge in [0.1, 0.15) is 0 Å². The quantitative estimate of drug-likeness (QED) is 0.422. The van der Waals surface area contributed by atoms with Gasteiger partial charge in [-0.2, -0.15) is 5.10 Å². The number of hydrogen-bond donors (Lipinski definition) is 3. The van der Waals surface area contributed by atoms with Crippen molar-refractivity contribution in [2.75, 3.05) is 5.32 Å². The third kappa shape index (κ3) is 5.17. The van der Waals surface area contributed by atoms with Crippen LogP contribution in [0.1, 0.15) is 35.7 Å². The van der Waals surface area contributed by atoms with Gasteiger partial charge in [0.2, 0.25) is 0 Å². The lowest BCUT2D eigenvalue weighted by Crippen LogP contribution is -2.25. The normalized spacial score (nSPS) is 11.0. The summed E-state index contributed by atoms with van der Waals surface area (Å²) in [7, 11) is 0. The van der Waals surface area contributed by atoms with Gasteiger partial charge in [-0.05, 0) is 42.4 Å². The summed E-state index contributed by atoms with van der Waals surface area (Å²) in [6.45, 7) is 2.09. The molecule has 0 aromatic heterocycles. The van der Waals surface area contributed by atoms with Crippen molar-refractivity contribution in [3.05, 3.63) is 65.7 Å². The van der Waals surface area contributed by atoms with E-state index < -0.39 is 5.97 Å². The van der Waals surface area contributed by atoms with E-state index in [4.69, 9.17) is 17.3 Å². The second-order valence-electron chi connectivity index (χ2n) is 5.13. The molecule has 0 aliphatic carbocycles. The molecule has 3 N–H and O–H groups in total. The van der Waals surface area contributed by atoms with Crippen molar-refractivity contribution in [2.24, 2.45) is 5.10 Å². The molecule has 0 aliphatic heterocycles. The number of benzene rings is 2. The van der Waals surface area contributed by atoms with Gasteiger partial charge in [0.05, 0.1) is 11.3 Å². The van der Waals surface area contributed by atoms with Gasteiger partial charge in [0.15, 0.2) is 5.11 Å². The lowest BCUT2D eigenvalue weighted by atomic mass is 10.1. The number of rotatable bonds is 6. The van der Waals surface area contributed by atoms with Crippen LogP contribution < -0.4 is 10.7 Å². The maximum atomic E-state index is 11.0. The molecule has 0 heterocycles. The van der Waals surface area contributed by atoms with Crippen molar-refractivity contribution >= 4 is 34.7 Å². The third-order valence-electron chi connectivity index (χ3n) is 3.25. The van der Waals surface area contributed by atoms with E-state index in [1.165, 1.54) is 12.1 Å². The van der Waals surface area contributed by atoms with E-state index in [1.54, 1.807) is 12.1 Å². The molecule has 0 amide bonds. The second kappa shape index (κ2) is 8.79. The van der Waals surface area contributed by atoms with Gasteiger partial charge in [-0.25, -0.2) is 4.79 Å². The Balaban J connectivity index is 2.05. The van der Waals surface area contributed by atoms with Gasteiger partial charge in [-0.3, -0.25) is 5.43 Å². The van der Waals surface area contributed by atoms with Gasteiger partial charge >= 0.3 is 5.97 Å². The van der Waals surface area contributed by atoms with Crippen LogP contribution in [0.3, 0.4) is 0 Å². The van der Waals surface area contributed by atoms with Crippen molar-refractivity contribution in [3.8, 4) is 0 Å². The van der Waals surface area contributed by atoms with E-state index in [1.807, 2.05) is 30.3 Å². The van der Waals surface area contributed by atoms with Crippen LogP contribution in [0.25, 0.3) is 0 Å². The summed E-state index contributed by atoms with van der Waals surface area (Å²) < 4.78 is 0. The number of aromatic carboxylic acids is 1. The monoisotopic (exact) mass is 341 g/mol. The fourth-order valence-electron chi connectivity index (χ4n) is 2.14. The molecule has 2 rings (SSSR count). The molecule has 0 saturated heterocycles. The van der Waals surface area contributed by atoms with Gasteiger partial charge < -0.3 is 10.4 Å². The van der Waals surface area contributed by atoms with Crippen LogP contribution in [0.4, 0.5) is 5.69 Å². The number of carboxylic acids is 1. The van der Waals surface area contributed by atoms with Crippen molar-refractivity contribution < 1.29 is 9.90 Å². The predicted molar refractivity (Wildman–Crippen MR) is 101 cm³/mol. The topological polar surface area (TPSA) is 73.7 Å². The van der Waals surface area contributed by atoms with Crippen LogP contribution in [0, 0.1) is 0 Å². The Labute approximate surface area is 146 Å². The molecule has 2 aromatic rings. The standard InChI is InChI=1S/C18H19N3O2S/c1-2-7-16(13-8-4-3-5-9-13)20-21-18(24)19-15-11-6-10-14(12-15)17(22)23/h3-6,8-12H,2,7H2,1H3,(H,22,23)(H2,19,21,24). The summed E-state index contributed by atoms with van der Waals surface area (Å²) in [6, 6.07) is 16.3. The zero-order chi connectivity index (χ0) is 17.4. The Morgan fingerprint density at radius 3 is 2.50 bits per heavy atom. The first kappa shape index (κ1) is 17.6. The largest absolute Gasteiger partial charge is 0.478 e. The summed E-state index contributed by atoms with van der Waals surface area (Å²) in [5, 5.41) is 16.6. The first-order valence-electron chi connectivity index (χ1n) is 7.62. The van der Waals surface area contributed by atoms with Gasteiger partial charge in [0.25, 0.3) is 0 Å². The van der Waals surface area contributed by atoms with E-state index in [0.29, 0.717) is 10.8 Å². The molecule has 0 saturated carbocycles. The highest BCUT2D eigenvalue weighted by molar-refractivity contribution is 7.80. The molecule has 0 bridgehead atoms. The average molecular weight is 341 g/mol. The van der Waals surface area contributed by atoms with E-state index in [2.05, 4.69) is 22.8 Å². The van der Waals surface area contributed by atoms with Crippen molar-refractivity contribution in [1.82, 2.24) is 5.43 Å². The zero-order valence-corrected chi connectivity index (χ0v) is 14.1. The van der Waals surface area contributed by atoms with E-state index >= 15 is 0 Å². The molecule has 2 aromatic carbocycles. The fourth-order valence-corrected chi connectivity index (χ4v) is 2.30. The lowest BCUT2D eigenvalue weighted by molar-refractivity contribution is 0.0697. The number of nitrogens with one attached hydrogen (secondary N) is 2. The first-order valence-corrected chi connectivity index (χ1v) is 8.03. The summed E-state index contributed by atoms with van der Waals surface area (Å²) in [6.07, 6.45) is 1.80. The molecule has 0 atom stereocenters. The Bertz CT molecular complexity index is 745. The number of carbonyl (C=O) groups is 1. The van der Waals surface area contributed by atoms with Crippen molar-refractivity contribution in [3.63, 3.8) is 0 Å². The molecule has 0 spiro atoms. The average Bonchev–Trinajstić information content (AvgIpc) is 2.59. The maximum Gasteiger partial charge on any atom is 0.335 e. The second-order valence-corrected chi connectivity index (χ2v) is 5.53. The van der Waals surface area contributed by atoms with E-state index in [0.717, 1.165) is 24.1 Å². The highest BCUT2D eigenvalue weighted by Gasteiger charge is 2.05. The highest BCUT2D eigenvalue weighted by atomic mass is 32.1. The number of hydrogen-bond acceptors (Lipinski definition) is 3. The summed E-state index contributed by atoms with van der Waals surface area (Å²) in [4.78, 5) is 11.0. The van der Waals surface area contributed by atoms with Crippen LogP contribution in [0.5, 0.6) is 0 Å². The molecule has 0 radical (unpaired) electrons. The molecule has 6 heteroatoms. The molecule has 0 fully saturated rings. The van der Waals surface area contributed by atoms with Gasteiger partial charge in [-0.15, -0.1) is 0 Å². The number of carboxylic acid groups (broad SMARTS) is 1. The molecule has 0 aliphatic rings. The smallest absolute Gasteiger partial charge is 0.335 e. The molecule has 0 unspecified atom stereocenters.